The van der Waals surface area contributed by atoms with Gasteiger partial charge < -0.3 is 9.84 Å². The van der Waals surface area contributed by atoms with E-state index in [1.165, 1.54) is 32.1 Å². The summed E-state index contributed by atoms with van der Waals surface area (Å²) in [5.74, 6) is 0. The van der Waals surface area contributed by atoms with Gasteiger partial charge in [-0.1, -0.05) is 45.4 Å². The van der Waals surface area contributed by atoms with E-state index in [-0.39, 0.29) is 0 Å². The molecule has 2 heteroatoms. The largest absolute Gasteiger partial charge is 0.390 e. The molecule has 2 nitrogen and oxygen atoms in total. The lowest BCUT2D eigenvalue weighted by atomic mass is 9.95. The van der Waals surface area contributed by atoms with Crippen LogP contribution >= 0.6 is 0 Å². The minimum absolute atomic E-state index is 0.527. The van der Waals surface area contributed by atoms with Gasteiger partial charge in [0, 0.05) is 13.7 Å². The highest BCUT2D eigenvalue weighted by molar-refractivity contribution is 4.71. The van der Waals surface area contributed by atoms with Crippen LogP contribution in [0.5, 0.6) is 0 Å². The van der Waals surface area contributed by atoms with E-state index < -0.39 is 5.60 Å². The van der Waals surface area contributed by atoms with Gasteiger partial charge in [-0.2, -0.15) is 0 Å². The van der Waals surface area contributed by atoms with Crippen LogP contribution in [0.2, 0.25) is 0 Å². The molecule has 0 aromatic rings. The van der Waals surface area contributed by atoms with Crippen molar-refractivity contribution in [3.63, 3.8) is 0 Å². The molecule has 0 aliphatic carbocycles. The van der Waals surface area contributed by atoms with Gasteiger partial charge in [0.15, 0.2) is 0 Å². The molecule has 0 saturated heterocycles. The van der Waals surface area contributed by atoms with Crippen molar-refractivity contribution in [2.75, 3.05) is 13.7 Å². The minimum atomic E-state index is -0.527. The first-order valence-electron chi connectivity index (χ1n) is 6.33. The molecule has 0 aromatic heterocycles. The smallest absolute Gasteiger partial charge is 0.0641 e. The van der Waals surface area contributed by atoms with Gasteiger partial charge in [-0.25, -0.2) is 0 Å². The zero-order valence-corrected chi connectivity index (χ0v) is 10.7. The zero-order chi connectivity index (χ0) is 11.6. The Morgan fingerprint density at radius 2 is 1.60 bits per heavy atom. The van der Waals surface area contributed by atoms with Gasteiger partial charge in [0.05, 0.1) is 5.60 Å². The van der Waals surface area contributed by atoms with Crippen LogP contribution in [0.4, 0.5) is 0 Å². The fourth-order valence-electron chi connectivity index (χ4n) is 1.73. The molecular formula is C13H28O2. The van der Waals surface area contributed by atoms with E-state index in [4.69, 9.17) is 4.74 Å². The summed E-state index contributed by atoms with van der Waals surface area (Å²) in [5.41, 5.74) is -0.527. The van der Waals surface area contributed by atoms with Crippen LogP contribution in [0.3, 0.4) is 0 Å². The predicted molar refractivity (Wildman–Crippen MR) is 65.1 cm³/mol. The van der Waals surface area contributed by atoms with Crippen LogP contribution in [0.1, 0.15) is 65.2 Å². The maximum absolute atomic E-state index is 9.97. The van der Waals surface area contributed by atoms with Gasteiger partial charge in [-0.3, -0.25) is 0 Å². The van der Waals surface area contributed by atoms with Crippen LogP contribution in [0.15, 0.2) is 0 Å². The Labute approximate surface area is 95.0 Å². The second kappa shape index (κ2) is 9.17. The molecule has 0 heterocycles. The van der Waals surface area contributed by atoms with Crippen LogP contribution in [0.25, 0.3) is 0 Å². The van der Waals surface area contributed by atoms with E-state index in [1.54, 1.807) is 7.11 Å². The Morgan fingerprint density at radius 3 is 2.20 bits per heavy atom. The Morgan fingerprint density at radius 1 is 1.00 bits per heavy atom. The predicted octanol–water partition coefficient (Wildman–Crippen LogP) is 3.52. The molecule has 15 heavy (non-hydrogen) atoms. The van der Waals surface area contributed by atoms with Crippen molar-refractivity contribution < 1.29 is 9.84 Å². The maximum atomic E-state index is 9.97. The lowest BCUT2D eigenvalue weighted by Gasteiger charge is -2.22. The standard InChI is InChI=1S/C13H28O2/c1-4-5-6-7-8-9-10-13(2,14)11-12-15-3/h14H,4-12H2,1-3H3. The van der Waals surface area contributed by atoms with Crippen LogP contribution in [-0.2, 0) is 4.74 Å². The van der Waals surface area contributed by atoms with E-state index in [0.717, 1.165) is 19.3 Å². The first-order valence-corrected chi connectivity index (χ1v) is 6.33. The minimum Gasteiger partial charge on any atom is -0.390 e. The summed E-state index contributed by atoms with van der Waals surface area (Å²) in [4.78, 5) is 0. The molecule has 0 spiro atoms. The Balaban J connectivity index is 3.32. The van der Waals surface area contributed by atoms with E-state index in [1.807, 2.05) is 6.92 Å². The number of hydrogen-bond donors (Lipinski definition) is 1. The summed E-state index contributed by atoms with van der Waals surface area (Å²) < 4.78 is 4.98. The molecule has 0 amide bonds. The fraction of sp³-hybridized carbons (Fsp3) is 1.00. The van der Waals surface area contributed by atoms with Crippen molar-refractivity contribution in [3.05, 3.63) is 0 Å². The van der Waals surface area contributed by atoms with Crippen molar-refractivity contribution in [2.24, 2.45) is 0 Å². The number of hydrogen-bond acceptors (Lipinski definition) is 2. The van der Waals surface area contributed by atoms with E-state index in [2.05, 4.69) is 6.92 Å². The van der Waals surface area contributed by atoms with Crippen LogP contribution in [-0.4, -0.2) is 24.4 Å². The second-order valence-corrected chi connectivity index (χ2v) is 4.76. The number of aliphatic hydroxyl groups is 1. The number of methoxy groups -OCH3 is 1. The SMILES string of the molecule is CCCCCCCCC(C)(O)CCOC. The third-order valence-corrected chi connectivity index (χ3v) is 2.91. The van der Waals surface area contributed by atoms with E-state index in [9.17, 15) is 5.11 Å². The Kier molecular flexibility index (Phi) is 9.12. The highest BCUT2D eigenvalue weighted by atomic mass is 16.5. The summed E-state index contributed by atoms with van der Waals surface area (Å²) in [6, 6.07) is 0. The molecule has 0 aliphatic heterocycles. The summed E-state index contributed by atoms with van der Waals surface area (Å²) >= 11 is 0. The van der Waals surface area contributed by atoms with E-state index >= 15 is 0 Å². The number of ether oxygens (including phenoxy) is 1. The first kappa shape index (κ1) is 14.9. The maximum Gasteiger partial charge on any atom is 0.0641 e. The lowest BCUT2D eigenvalue weighted by Crippen LogP contribution is -2.25. The van der Waals surface area contributed by atoms with Crippen molar-refractivity contribution >= 4 is 0 Å². The molecule has 0 aliphatic rings. The summed E-state index contributed by atoms with van der Waals surface area (Å²) in [6.45, 7) is 4.80. The van der Waals surface area contributed by atoms with Crippen LogP contribution < -0.4 is 0 Å². The number of rotatable bonds is 10. The lowest BCUT2D eigenvalue weighted by molar-refractivity contribution is 0.0152. The van der Waals surface area contributed by atoms with Crippen molar-refractivity contribution in [1.82, 2.24) is 0 Å². The normalized spacial score (nSPS) is 15.2. The molecule has 0 radical (unpaired) electrons. The molecule has 0 fully saturated rings. The molecule has 1 N–H and O–H groups in total. The Bertz CT molecular complexity index is 132. The summed E-state index contributed by atoms with van der Waals surface area (Å²) in [5, 5.41) is 9.97. The van der Waals surface area contributed by atoms with Gasteiger partial charge in [-0.05, 0) is 19.8 Å². The molecular weight excluding hydrogens is 188 g/mol. The zero-order valence-electron chi connectivity index (χ0n) is 10.7. The highest BCUT2D eigenvalue weighted by Crippen LogP contribution is 2.19. The molecule has 0 saturated carbocycles. The highest BCUT2D eigenvalue weighted by Gasteiger charge is 2.18. The van der Waals surface area contributed by atoms with Gasteiger partial charge >= 0.3 is 0 Å². The third kappa shape index (κ3) is 10.2. The van der Waals surface area contributed by atoms with Crippen molar-refractivity contribution in [2.45, 2.75) is 70.8 Å². The molecule has 1 atom stereocenters. The van der Waals surface area contributed by atoms with Gasteiger partial charge in [0.2, 0.25) is 0 Å². The van der Waals surface area contributed by atoms with Crippen LogP contribution in [0, 0.1) is 0 Å². The molecule has 92 valence electrons. The third-order valence-electron chi connectivity index (χ3n) is 2.91. The first-order chi connectivity index (χ1) is 7.12. The van der Waals surface area contributed by atoms with Gasteiger partial charge in [-0.15, -0.1) is 0 Å². The molecule has 0 aromatic carbocycles. The van der Waals surface area contributed by atoms with E-state index in [0.29, 0.717) is 6.61 Å². The molecule has 0 rings (SSSR count). The number of unbranched alkanes of at least 4 members (excludes halogenated alkanes) is 5. The summed E-state index contributed by atoms with van der Waals surface area (Å²) in [7, 11) is 1.68. The van der Waals surface area contributed by atoms with Gasteiger partial charge in [0.25, 0.3) is 0 Å². The molecule has 1 unspecified atom stereocenters. The van der Waals surface area contributed by atoms with Crippen molar-refractivity contribution in [1.29, 1.82) is 0 Å². The topological polar surface area (TPSA) is 29.5 Å². The Hall–Kier alpha value is -0.0800. The molecule has 0 bridgehead atoms. The van der Waals surface area contributed by atoms with Crippen molar-refractivity contribution in [3.8, 4) is 0 Å². The quantitative estimate of drug-likeness (QED) is 0.566. The summed E-state index contributed by atoms with van der Waals surface area (Å²) in [6.07, 6.45) is 9.35. The van der Waals surface area contributed by atoms with Gasteiger partial charge in [0.1, 0.15) is 0 Å². The second-order valence-electron chi connectivity index (χ2n) is 4.76. The average Bonchev–Trinajstić information content (AvgIpc) is 2.20. The average molecular weight is 216 g/mol. The fourth-order valence-corrected chi connectivity index (χ4v) is 1.73. The monoisotopic (exact) mass is 216 g/mol.